The maximum atomic E-state index is 12.1. The molecule has 3 atom stereocenters. The summed E-state index contributed by atoms with van der Waals surface area (Å²) in [4.78, 5) is 12.1. The molecule has 2 aliphatic rings. The molecule has 2 fully saturated rings. The Balaban J connectivity index is 1.51. The molecule has 3 unspecified atom stereocenters. The number of carbonyl (C=O) groups excluding carboxylic acids is 1. The van der Waals surface area contributed by atoms with Crippen LogP contribution in [0.2, 0.25) is 0 Å². The summed E-state index contributed by atoms with van der Waals surface area (Å²) in [7, 11) is 0. The molecular formula is C16H20O2. The van der Waals surface area contributed by atoms with Gasteiger partial charge in [0.15, 0.2) is 0 Å². The molecule has 0 amide bonds. The number of fused-ring (bicyclic) bond motifs is 1. The zero-order valence-electron chi connectivity index (χ0n) is 10.7. The standard InChI is InChI=1S/C16H20O2/c17-16(18-11-12-5-2-1-3-6-12)14-8-4-7-13-9-15(13)10-14/h1-3,5-6,13-15H,4,7-11H2. The number of hydrogen-bond donors (Lipinski definition) is 0. The van der Waals surface area contributed by atoms with E-state index >= 15 is 0 Å². The summed E-state index contributed by atoms with van der Waals surface area (Å²) < 4.78 is 5.45. The first-order chi connectivity index (χ1) is 8.83. The van der Waals surface area contributed by atoms with Gasteiger partial charge in [0, 0.05) is 0 Å². The van der Waals surface area contributed by atoms with Gasteiger partial charge in [-0.1, -0.05) is 43.2 Å². The summed E-state index contributed by atoms with van der Waals surface area (Å²) in [6.07, 6.45) is 5.97. The normalized spacial score (nSPS) is 30.1. The fraction of sp³-hybridized carbons (Fsp3) is 0.562. The lowest BCUT2D eigenvalue weighted by atomic mass is 9.99. The van der Waals surface area contributed by atoms with E-state index in [2.05, 4.69) is 0 Å². The summed E-state index contributed by atoms with van der Waals surface area (Å²) in [5, 5.41) is 0. The van der Waals surface area contributed by atoms with Crippen molar-refractivity contribution in [2.24, 2.45) is 17.8 Å². The molecule has 1 aromatic carbocycles. The lowest BCUT2D eigenvalue weighted by Crippen LogP contribution is -2.18. The van der Waals surface area contributed by atoms with Crippen LogP contribution < -0.4 is 0 Å². The SMILES string of the molecule is O=C(OCc1ccccc1)C1CCCC2CC2C1. The van der Waals surface area contributed by atoms with E-state index in [1.807, 2.05) is 30.3 Å². The van der Waals surface area contributed by atoms with Crippen LogP contribution in [0.25, 0.3) is 0 Å². The lowest BCUT2D eigenvalue weighted by Gasteiger charge is -2.14. The van der Waals surface area contributed by atoms with Crippen LogP contribution in [0.1, 0.15) is 37.7 Å². The number of rotatable bonds is 3. The van der Waals surface area contributed by atoms with Crippen LogP contribution >= 0.6 is 0 Å². The molecule has 2 heteroatoms. The molecule has 0 aliphatic heterocycles. The molecule has 0 radical (unpaired) electrons. The molecule has 2 aliphatic carbocycles. The van der Waals surface area contributed by atoms with Gasteiger partial charge >= 0.3 is 5.97 Å². The third kappa shape index (κ3) is 2.74. The van der Waals surface area contributed by atoms with E-state index in [-0.39, 0.29) is 11.9 Å². The smallest absolute Gasteiger partial charge is 0.309 e. The number of carbonyl (C=O) groups is 1. The highest BCUT2D eigenvalue weighted by Crippen LogP contribution is 2.49. The monoisotopic (exact) mass is 244 g/mol. The molecule has 0 saturated heterocycles. The zero-order chi connectivity index (χ0) is 12.4. The number of ether oxygens (including phenoxy) is 1. The molecule has 2 saturated carbocycles. The average molecular weight is 244 g/mol. The van der Waals surface area contributed by atoms with E-state index in [1.54, 1.807) is 0 Å². The van der Waals surface area contributed by atoms with Crippen LogP contribution in [0.4, 0.5) is 0 Å². The highest BCUT2D eigenvalue weighted by atomic mass is 16.5. The van der Waals surface area contributed by atoms with Gasteiger partial charge in [0.25, 0.3) is 0 Å². The topological polar surface area (TPSA) is 26.3 Å². The summed E-state index contributed by atoms with van der Waals surface area (Å²) in [6, 6.07) is 9.92. The van der Waals surface area contributed by atoms with Gasteiger partial charge in [-0.05, 0) is 36.7 Å². The summed E-state index contributed by atoms with van der Waals surface area (Å²) in [5.74, 6) is 1.93. The fourth-order valence-corrected chi connectivity index (χ4v) is 3.12. The second-order valence-electron chi connectivity index (χ2n) is 5.71. The predicted octanol–water partition coefficient (Wildman–Crippen LogP) is 3.56. The number of esters is 1. The predicted molar refractivity (Wildman–Crippen MR) is 69.8 cm³/mol. The summed E-state index contributed by atoms with van der Waals surface area (Å²) in [6.45, 7) is 0.421. The highest BCUT2D eigenvalue weighted by molar-refractivity contribution is 5.72. The van der Waals surface area contributed by atoms with Crippen LogP contribution in [-0.4, -0.2) is 5.97 Å². The maximum absolute atomic E-state index is 12.1. The minimum absolute atomic E-state index is 0.0198. The Hall–Kier alpha value is -1.31. The Labute approximate surface area is 108 Å². The molecule has 0 heterocycles. The van der Waals surface area contributed by atoms with Gasteiger partial charge in [0.1, 0.15) is 6.61 Å². The molecule has 3 rings (SSSR count). The van der Waals surface area contributed by atoms with Gasteiger partial charge in [-0.25, -0.2) is 0 Å². The molecule has 96 valence electrons. The lowest BCUT2D eigenvalue weighted by molar-refractivity contribution is -0.150. The van der Waals surface area contributed by atoms with Gasteiger partial charge in [-0.3, -0.25) is 4.79 Å². The van der Waals surface area contributed by atoms with E-state index in [1.165, 1.54) is 19.3 Å². The van der Waals surface area contributed by atoms with Crippen LogP contribution in [0.3, 0.4) is 0 Å². The summed E-state index contributed by atoms with van der Waals surface area (Å²) >= 11 is 0. The Kier molecular flexibility index (Phi) is 3.35. The largest absolute Gasteiger partial charge is 0.461 e. The van der Waals surface area contributed by atoms with Crippen molar-refractivity contribution in [1.82, 2.24) is 0 Å². The van der Waals surface area contributed by atoms with Crippen molar-refractivity contribution in [2.45, 2.75) is 38.7 Å². The van der Waals surface area contributed by atoms with E-state index < -0.39 is 0 Å². The zero-order valence-corrected chi connectivity index (χ0v) is 10.7. The number of hydrogen-bond acceptors (Lipinski definition) is 2. The molecule has 0 aromatic heterocycles. The number of benzene rings is 1. The molecular weight excluding hydrogens is 224 g/mol. The van der Waals surface area contributed by atoms with Gasteiger partial charge in [0.05, 0.1) is 5.92 Å². The van der Waals surface area contributed by atoms with Crippen LogP contribution in [0, 0.1) is 17.8 Å². The quantitative estimate of drug-likeness (QED) is 0.760. The van der Waals surface area contributed by atoms with Crippen molar-refractivity contribution in [3.05, 3.63) is 35.9 Å². The van der Waals surface area contributed by atoms with Gasteiger partial charge in [-0.2, -0.15) is 0 Å². The first kappa shape index (κ1) is 11.8. The third-order valence-electron chi connectivity index (χ3n) is 4.34. The Bertz CT molecular complexity index is 412. The van der Waals surface area contributed by atoms with E-state index in [0.29, 0.717) is 6.61 Å². The van der Waals surface area contributed by atoms with E-state index in [9.17, 15) is 4.79 Å². The Morgan fingerprint density at radius 2 is 1.94 bits per heavy atom. The molecule has 18 heavy (non-hydrogen) atoms. The van der Waals surface area contributed by atoms with Gasteiger partial charge < -0.3 is 4.74 Å². The second kappa shape index (κ2) is 5.13. The molecule has 2 nitrogen and oxygen atoms in total. The van der Waals surface area contributed by atoms with Crippen molar-refractivity contribution in [3.63, 3.8) is 0 Å². The first-order valence-corrected chi connectivity index (χ1v) is 7.03. The van der Waals surface area contributed by atoms with E-state index in [0.717, 1.165) is 30.2 Å². The Morgan fingerprint density at radius 1 is 1.11 bits per heavy atom. The minimum Gasteiger partial charge on any atom is -0.461 e. The van der Waals surface area contributed by atoms with Gasteiger partial charge in [0.2, 0.25) is 0 Å². The first-order valence-electron chi connectivity index (χ1n) is 7.03. The van der Waals surface area contributed by atoms with Crippen molar-refractivity contribution >= 4 is 5.97 Å². The molecule has 0 spiro atoms. The molecule has 0 N–H and O–H groups in total. The van der Waals surface area contributed by atoms with Crippen molar-refractivity contribution in [3.8, 4) is 0 Å². The van der Waals surface area contributed by atoms with E-state index in [4.69, 9.17) is 4.74 Å². The third-order valence-corrected chi connectivity index (χ3v) is 4.34. The molecule has 1 aromatic rings. The van der Waals surface area contributed by atoms with Crippen molar-refractivity contribution in [1.29, 1.82) is 0 Å². The van der Waals surface area contributed by atoms with Crippen LogP contribution in [-0.2, 0) is 16.1 Å². The second-order valence-corrected chi connectivity index (χ2v) is 5.71. The van der Waals surface area contributed by atoms with Gasteiger partial charge in [-0.15, -0.1) is 0 Å². The highest BCUT2D eigenvalue weighted by Gasteiger charge is 2.41. The fourth-order valence-electron chi connectivity index (χ4n) is 3.12. The van der Waals surface area contributed by atoms with Crippen molar-refractivity contribution in [2.75, 3.05) is 0 Å². The maximum Gasteiger partial charge on any atom is 0.309 e. The molecule has 0 bridgehead atoms. The van der Waals surface area contributed by atoms with Crippen LogP contribution in [0.15, 0.2) is 30.3 Å². The van der Waals surface area contributed by atoms with Crippen molar-refractivity contribution < 1.29 is 9.53 Å². The average Bonchev–Trinajstić information content (AvgIpc) is 3.14. The summed E-state index contributed by atoms with van der Waals surface area (Å²) in [5.41, 5.74) is 1.07. The van der Waals surface area contributed by atoms with Crippen LogP contribution in [0.5, 0.6) is 0 Å². The minimum atomic E-state index is 0.0198. The Morgan fingerprint density at radius 3 is 2.78 bits per heavy atom.